The number of nitrogens with one attached hydrogen (secondary N) is 1. The average Bonchev–Trinajstić information content (AvgIpc) is 2.53. The maximum Gasteiger partial charge on any atom is 0.142 e. The highest BCUT2D eigenvalue weighted by molar-refractivity contribution is 5.59. The smallest absolute Gasteiger partial charge is 0.142 e. The summed E-state index contributed by atoms with van der Waals surface area (Å²) in [6.07, 6.45) is 5.23. The van der Waals surface area contributed by atoms with Gasteiger partial charge < -0.3 is 15.0 Å². The minimum atomic E-state index is 0.318. The highest BCUT2D eigenvalue weighted by atomic mass is 16.5. The van der Waals surface area contributed by atoms with E-state index in [0.717, 1.165) is 31.1 Å². The molecule has 2 heterocycles. The van der Waals surface area contributed by atoms with E-state index in [9.17, 15) is 0 Å². The molecule has 1 unspecified atom stereocenters. The van der Waals surface area contributed by atoms with E-state index in [-0.39, 0.29) is 0 Å². The molecule has 1 fully saturated rings. The van der Waals surface area contributed by atoms with Crippen LogP contribution in [0.4, 0.5) is 5.69 Å². The van der Waals surface area contributed by atoms with E-state index >= 15 is 0 Å². The van der Waals surface area contributed by atoms with E-state index in [1.165, 1.54) is 43.7 Å². The van der Waals surface area contributed by atoms with Crippen LogP contribution in [0, 0.1) is 5.92 Å². The van der Waals surface area contributed by atoms with Crippen molar-refractivity contribution in [1.82, 2.24) is 4.90 Å². The molecule has 3 rings (SSSR count). The van der Waals surface area contributed by atoms with Crippen LogP contribution in [0.2, 0.25) is 0 Å². The molecule has 2 aliphatic rings. The average molecular weight is 288 g/mol. The summed E-state index contributed by atoms with van der Waals surface area (Å²) in [6, 6.07) is 6.64. The Balaban J connectivity index is 1.55. The number of fused-ring (bicyclic) bond motifs is 1. The number of anilines is 1. The van der Waals surface area contributed by atoms with Crippen molar-refractivity contribution in [3.05, 3.63) is 23.8 Å². The van der Waals surface area contributed by atoms with Gasteiger partial charge in [-0.25, -0.2) is 0 Å². The molecule has 0 bridgehead atoms. The predicted octanol–water partition coefficient (Wildman–Crippen LogP) is 3.54. The molecule has 3 heteroatoms. The van der Waals surface area contributed by atoms with Crippen LogP contribution in [0.25, 0.3) is 0 Å². The number of hydrogen-bond acceptors (Lipinski definition) is 3. The lowest BCUT2D eigenvalue weighted by Crippen LogP contribution is -2.34. The molecule has 1 N–H and O–H groups in total. The number of ether oxygens (including phenoxy) is 1. The fraction of sp³-hybridized carbons (Fsp3) is 0.667. The van der Waals surface area contributed by atoms with Gasteiger partial charge in [0.2, 0.25) is 0 Å². The van der Waals surface area contributed by atoms with Crippen molar-refractivity contribution < 1.29 is 4.74 Å². The Morgan fingerprint density at radius 1 is 1.29 bits per heavy atom. The fourth-order valence-corrected chi connectivity index (χ4v) is 3.22. The molecule has 2 aliphatic heterocycles. The third kappa shape index (κ3) is 3.70. The van der Waals surface area contributed by atoms with Crippen molar-refractivity contribution in [3.8, 4) is 5.75 Å². The van der Waals surface area contributed by atoms with E-state index in [1.54, 1.807) is 0 Å². The maximum absolute atomic E-state index is 5.97. The second-order valence-corrected chi connectivity index (χ2v) is 6.63. The maximum atomic E-state index is 5.97. The molecule has 1 aromatic carbocycles. The zero-order chi connectivity index (χ0) is 14.7. The van der Waals surface area contributed by atoms with Crippen molar-refractivity contribution >= 4 is 5.69 Å². The molecular formula is C18H28N2O. The minimum Gasteiger partial charge on any atom is -0.486 e. The summed E-state index contributed by atoms with van der Waals surface area (Å²) in [7, 11) is 0. The molecule has 1 aromatic rings. The topological polar surface area (TPSA) is 24.5 Å². The van der Waals surface area contributed by atoms with Crippen LogP contribution in [0.5, 0.6) is 5.75 Å². The Labute approximate surface area is 128 Å². The van der Waals surface area contributed by atoms with Gasteiger partial charge in [0.15, 0.2) is 0 Å². The normalized spacial score (nSPS) is 23.2. The third-order valence-electron chi connectivity index (χ3n) is 4.91. The Kier molecular flexibility index (Phi) is 4.69. The first-order valence-corrected chi connectivity index (χ1v) is 8.50. The number of nitrogens with zero attached hydrogens (tertiary/aromatic N) is 1. The number of likely N-dealkylation sites (tertiary alicyclic amines) is 1. The van der Waals surface area contributed by atoms with Crippen LogP contribution in [0.15, 0.2) is 18.2 Å². The first kappa shape index (κ1) is 14.7. The van der Waals surface area contributed by atoms with E-state index < -0.39 is 0 Å². The Bertz CT molecular complexity index is 466. The SMILES string of the molecule is CCC1CNc2cc(CCN3CCC(C)CC3)ccc2O1. The summed E-state index contributed by atoms with van der Waals surface area (Å²) >= 11 is 0. The van der Waals surface area contributed by atoms with Gasteiger partial charge >= 0.3 is 0 Å². The molecule has 21 heavy (non-hydrogen) atoms. The van der Waals surface area contributed by atoms with E-state index in [0.29, 0.717) is 6.10 Å². The lowest BCUT2D eigenvalue weighted by Gasteiger charge is -2.30. The molecule has 116 valence electrons. The number of piperidine rings is 1. The van der Waals surface area contributed by atoms with E-state index in [4.69, 9.17) is 4.74 Å². The highest BCUT2D eigenvalue weighted by Crippen LogP contribution is 2.30. The van der Waals surface area contributed by atoms with Gasteiger partial charge in [0.05, 0.1) is 12.2 Å². The number of benzene rings is 1. The molecule has 0 aliphatic carbocycles. The summed E-state index contributed by atoms with van der Waals surface area (Å²) in [6.45, 7) is 9.19. The fourth-order valence-electron chi connectivity index (χ4n) is 3.22. The van der Waals surface area contributed by atoms with Crippen molar-refractivity contribution in [3.63, 3.8) is 0 Å². The predicted molar refractivity (Wildman–Crippen MR) is 88.2 cm³/mol. The monoisotopic (exact) mass is 288 g/mol. The van der Waals surface area contributed by atoms with Crippen LogP contribution >= 0.6 is 0 Å². The van der Waals surface area contributed by atoms with Crippen molar-refractivity contribution in [1.29, 1.82) is 0 Å². The van der Waals surface area contributed by atoms with Crippen LogP contribution < -0.4 is 10.1 Å². The molecule has 0 radical (unpaired) electrons. The molecule has 0 spiro atoms. The first-order valence-electron chi connectivity index (χ1n) is 8.50. The van der Waals surface area contributed by atoms with Crippen molar-refractivity contribution in [2.75, 3.05) is 31.5 Å². The van der Waals surface area contributed by atoms with E-state index in [2.05, 4.69) is 42.3 Å². The molecular weight excluding hydrogens is 260 g/mol. The second kappa shape index (κ2) is 6.69. The Morgan fingerprint density at radius 2 is 2.10 bits per heavy atom. The summed E-state index contributed by atoms with van der Waals surface area (Å²) in [5.74, 6) is 1.93. The lowest BCUT2D eigenvalue weighted by atomic mass is 9.99. The summed E-state index contributed by atoms with van der Waals surface area (Å²) < 4.78 is 5.97. The molecule has 1 atom stereocenters. The quantitative estimate of drug-likeness (QED) is 0.917. The van der Waals surface area contributed by atoms with Crippen LogP contribution in [0.3, 0.4) is 0 Å². The summed E-state index contributed by atoms with van der Waals surface area (Å²) in [5.41, 5.74) is 2.59. The molecule has 0 amide bonds. The second-order valence-electron chi connectivity index (χ2n) is 6.63. The standard InChI is InChI=1S/C18H28N2O/c1-3-16-13-19-17-12-15(4-5-18(17)21-16)8-11-20-9-6-14(2)7-10-20/h4-5,12,14,16,19H,3,6-11,13H2,1-2H3. The zero-order valence-corrected chi connectivity index (χ0v) is 13.4. The van der Waals surface area contributed by atoms with Gasteiger partial charge in [-0.1, -0.05) is 19.9 Å². The summed E-state index contributed by atoms with van der Waals surface area (Å²) in [4.78, 5) is 2.61. The van der Waals surface area contributed by atoms with Crippen molar-refractivity contribution in [2.45, 2.75) is 45.6 Å². The van der Waals surface area contributed by atoms with Crippen LogP contribution in [0.1, 0.15) is 38.7 Å². The van der Waals surface area contributed by atoms with Crippen LogP contribution in [-0.2, 0) is 6.42 Å². The van der Waals surface area contributed by atoms with Gasteiger partial charge in [-0.05, 0) is 62.4 Å². The largest absolute Gasteiger partial charge is 0.486 e. The Morgan fingerprint density at radius 3 is 2.86 bits per heavy atom. The molecule has 3 nitrogen and oxygen atoms in total. The van der Waals surface area contributed by atoms with Gasteiger partial charge in [-0.3, -0.25) is 0 Å². The Hall–Kier alpha value is -1.22. The highest BCUT2D eigenvalue weighted by Gasteiger charge is 2.18. The number of hydrogen-bond donors (Lipinski definition) is 1. The van der Waals surface area contributed by atoms with Gasteiger partial charge in [0.25, 0.3) is 0 Å². The van der Waals surface area contributed by atoms with Gasteiger partial charge in [0.1, 0.15) is 11.9 Å². The molecule has 1 saturated heterocycles. The minimum absolute atomic E-state index is 0.318. The zero-order valence-electron chi connectivity index (χ0n) is 13.4. The van der Waals surface area contributed by atoms with Crippen molar-refractivity contribution in [2.24, 2.45) is 5.92 Å². The molecule has 0 saturated carbocycles. The summed E-state index contributed by atoms with van der Waals surface area (Å²) in [5, 5.41) is 3.51. The third-order valence-corrected chi connectivity index (χ3v) is 4.91. The first-order chi connectivity index (χ1) is 10.2. The number of rotatable bonds is 4. The van der Waals surface area contributed by atoms with Gasteiger partial charge in [0, 0.05) is 6.54 Å². The van der Waals surface area contributed by atoms with Crippen LogP contribution in [-0.4, -0.2) is 37.2 Å². The van der Waals surface area contributed by atoms with Gasteiger partial charge in [-0.2, -0.15) is 0 Å². The van der Waals surface area contributed by atoms with E-state index in [1.807, 2.05) is 0 Å². The molecule has 0 aromatic heterocycles. The van der Waals surface area contributed by atoms with Gasteiger partial charge in [-0.15, -0.1) is 0 Å². The lowest BCUT2D eigenvalue weighted by molar-refractivity contribution is 0.194.